The molecule has 6 nitrogen and oxygen atoms in total. The zero-order chi connectivity index (χ0) is 9.02. The molecule has 68 valence electrons. The molecule has 3 unspecified atom stereocenters. The standard InChI is InChI=1S/C5H12O6/c6-1-2(7)3(8)4(9)5(10)11/h2-11H,1H2. The summed E-state index contributed by atoms with van der Waals surface area (Å²) in [6, 6.07) is 0. The molecule has 0 aromatic rings. The van der Waals surface area contributed by atoms with Gasteiger partial charge in [-0.1, -0.05) is 0 Å². The lowest BCUT2D eigenvalue weighted by Gasteiger charge is -2.22. The molecule has 0 saturated carbocycles. The van der Waals surface area contributed by atoms with Gasteiger partial charge in [0.05, 0.1) is 6.61 Å². The van der Waals surface area contributed by atoms with E-state index in [0.29, 0.717) is 0 Å². The second-order valence-corrected chi connectivity index (χ2v) is 2.14. The van der Waals surface area contributed by atoms with Crippen LogP contribution in [-0.2, 0) is 0 Å². The molecule has 0 amide bonds. The fourth-order valence-corrected chi connectivity index (χ4v) is 0.512. The van der Waals surface area contributed by atoms with E-state index in [1.165, 1.54) is 0 Å². The van der Waals surface area contributed by atoms with Crippen LogP contribution in [0.5, 0.6) is 0 Å². The molecule has 0 rings (SSSR count). The molecule has 0 aromatic carbocycles. The van der Waals surface area contributed by atoms with Crippen LogP contribution in [0.25, 0.3) is 0 Å². The Morgan fingerprint density at radius 1 is 0.818 bits per heavy atom. The second-order valence-electron chi connectivity index (χ2n) is 2.14. The number of hydrogen-bond donors (Lipinski definition) is 6. The van der Waals surface area contributed by atoms with Gasteiger partial charge in [0.15, 0.2) is 6.29 Å². The average molecular weight is 168 g/mol. The molecule has 6 heteroatoms. The molecule has 0 fully saturated rings. The maximum atomic E-state index is 8.78. The van der Waals surface area contributed by atoms with E-state index in [2.05, 4.69) is 0 Å². The largest absolute Gasteiger partial charge is 0.394 e. The van der Waals surface area contributed by atoms with Crippen molar-refractivity contribution >= 4 is 0 Å². The highest BCUT2D eigenvalue weighted by Crippen LogP contribution is 2.02. The van der Waals surface area contributed by atoms with Gasteiger partial charge in [0.2, 0.25) is 0 Å². The lowest BCUT2D eigenvalue weighted by atomic mass is 10.1. The minimum atomic E-state index is -2.13. The van der Waals surface area contributed by atoms with Crippen LogP contribution in [0.1, 0.15) is 0 Å². The van der Waals surface area contributed by atoms with Crippen LogP contribution < -0.4 is 0 Å². The van der Waals surface area contributed by atoms with Crippen molar-refractivity contribution in [1.29, 1.82) is 0 Å². The highest BCUT2D eigenvalue weighted by atomic mass is 16.5. The van der Waals surface area contributed by atoms with E-state index < -0.39 is 31.2 Å². The van der Waals surface area contributed by atoms with E-state index in [0.717, 1.165) is 0 Å². The molecular weight excluding hydrogens is 156 g/mol. The van der Waals surface area contributed by atoms with Crippen molar-refractivity contribution in [3.8, 4) is 0 Å². The van der Waals surface area contributed by atoms with Gasteiger partial charge in [0, 0.05) is 0 Å². The molecule has 0 heterocycles. The Bertz CT molecular complexity index is 105. The van der Waals surface area contributed by atoms with Crippen LogP contribution in [0.3, 0.4) is 0 Å². The summed E-state index contributed by atoms with van der Waals surface area (Å²) in [7, 11) is 0. The quantitative estimate of drug-likeness (QED) is 0.241. The normalized spacial score (nSPS) is 19.9. The van der Waals surface area contributed by atoms with Gasteiger partial charge in [-0.3, -0.25) is 0 Å². The first-order chi connectivity index (χ1) is 5.00. The van der Waals surface area contributed by atoms with Crippen LogP contribution in [-0.4, -0.2) is 61.8 Å². The molecule has 0 saturated heterocycles. The van der Waals surface area contributed by atoms with Crippen molar-refractivity contribution in [3.05, 3.63) is 0 Å². The fourth-order valence-electron chi connectivity index (χ4n) is 0.512. The molecule has 0 aliphatic rings. The van der Waals surface area contributed by atoms with E-state index in [1.54, 1.807) is 0 Å². The van der Waals surface area contributed by atoms with Gasteiger partial charge in [0.25, 0.3) is 0 Å². The van der Waals surface area contributed by atoms with Crippen molar-refractivity contribution in [2.24, 2.45) is 0 Å². The molecule has 0 aliphatic carbocycles. The summed E-state index contributed by atoms with van der Waals surface area (Å²) in [4.78, 5) is 0. The van der Waals surface area contributed by atoms with Crippen molar-refractivity contribution in [2.75, 3.05) is 6.61 Å². The zero-order valence-corrected chi connectivity index (χ0v) is 5.70. The first kappa shape index (κ1) is 10.8. The molecule has 11 heavy (non-hydrogen) atoms. The number of aliphatic hydroxyl groups excluding tert-OH is 5. The Labute approximate surface area is 63.0 Å². The molecule has 0 radical (unpaired) electrons. The van der Waals surface area contributed by atoms with Crippen LogP contribution in [0.2, 0.25) is 0 Å². The molecule has 3 atom stereocenters. The minimum absolute atomic E-state index is 0.759. The van der Waals surface area contributed by atoms with E-state index in [-0.39, 0.29) is 0 Å². The van der Waals surface area contributed by atoms with Gasteiger partial charge in [0.1, 0.15) is 18.3 Å². The Hall–Kier alpha value is -0.240. The van der Waals surface area contributed by atoms with Gasteiger partial charge in [-0.05, 0) is 0 Å². The van der Waals surface area contributed by atoms with E-state index in [9.17, 15) is 0 Å². The van der Waals surface area contributed by atoms with Gasteiger partial charge < -0.3 is 30.6 Å². The smallest absolute Gasteiger partial charge is 0.180 e. The van der Waals surface area contributed by atoms with Gasteiger partial charge in [-0.15, -0.1) is 0 Å². The van der Waals surface area contributed by atoms with E-state index in [1.807, 2.05) is 0 Å². The van der Waals surface area contributed by atoms with Crippen LogP contribution in [0.4, 0.5) is 0 Å². The lowest BCUT2D eigenvalue weighted by molar-refractivity contribution is -0.180. The first-order valence-electron chi connectivity index (χ1n) is 3.02. The van der Waals surface area contributed by atoms with Crippen LogP contribution >= 0.6 is 0 Å². The van der Waals surface area contributed by atoms with E-state index in [4.69, 9.17) is 30.6 Å². The third kappa shape index (κ3) is 3.10. The fraction of sp³-hybridized carbons (Fsp3) is 1.00. The van der Waals surface area contributed by atoms with Gasteiger partial charge in [-0.25, -0.2) is 0 Å². The van der Waals surface area contributed by atoms with Crippen LogP contribution in [0.15, 0.2) is 0 Å². The second kappa shape index (κ2) is 4.60. The van der Waals surface area contributed by atoms with Gasteiger partial charge >= 0.3 is 0 Å². The predicted octanol–water partition coefficient (Wildman–Crippen LogP) is -3.63. The van der Waals surface area contributed by atoms with Crippen molar-refractivity contribution < 1.29 is 30.6 Å². The average Bonchev–Trinajstić information content (AvgIpc) is 2.00. The summed E-state index contributed by atoms with van der Waals surface area (Å²) in [5.41, 5.74) is 0. The minimum Gasteiger partial charge on any atom is -0.394 e. The summed E-state index contributed by atoms with van der Waals surface area (Å²) < 4.78 is 0. The highest BCUT2D eigenvalue weighted by molar-refractivity contribution is 4.75. The van der Waals surface area contributed by atoms with Crippen molar-refractivity contribution in [3.63, 3.8) is 0 Å². The van der Waals surface area contributed by atoms with Gasteiger partial charge in [-0.2, -0.15) is 0 Å². The third-order valence-corrected chi connectivity index (χ3v) is 1.24. The molecule has 0 aliphatic heterocycles. The Morgan fingerprint density at radius 3 is 1.55 bits per heavy atom. The summed E-state index contributed by atoms with van der Waals surface area (Å²) in [5, 5.41) is 50.9. The maximum absolute atomic E-state index is 8.78. The number of hydrogen-bond acceptors (Lipinski definition) is 6. The zero-order valence-electron chi connectivity index (χ0n) is 5.70. The molecular formula is C5H12O6. The lowest BCUT2D eigenvalue weighted by Crippen LogP contribution is -2.45. The Morgan fingerprint density at radius 2 is 1.27 bits per heavy atom. The third-order valence-electron chi connectivity index (χ3n) is 1.24. The molecule has 6 N–H and O–H groups in total. The molecule has 0 bridgehead atoms. The maximum Gasteiger partial charge on any atom is 0.180 e. The Balaban J connectivity index is 3.90. The first-order valence-corrected chi connectivity index (χ1v) is 3.02. The summed E-state index contributed by atoms with van der Waals surface area (Å²) in [5.74, 6) is 0. The SMILES string of the molecule is OCC(O)C(O)C(O)C(O)O. The summed E-state index contributed by atoms with van der Waals surface area (Å²) >= 11 is 0. The molecule has 0 aromatic heterocycles. The Kier molecular flexibility index (Phi) is 4.50. The van der Waals surface area contributed by atoms with E-state index >= 15 is 0 Å². The number of aliphatic hydroxyl groups is 6. The van der Waals surface area contributed by atoms with Crippen LogP contribution in [0, 0.1) is 0 Å². The van der Waals surface area contributed by atoms with Crippen molar-refractivity contribution in [1.82, 2.24) is 0 Å². The highest BCUT2D eigenvalue weighted by Gasteiger charge is 2.28. The monoisotopic (exact) mass is 168 g/mol. The predicted molar refractivity (Wildman–Crippen MR) is 33.3 cm³/mol. The van der Waals surface area contributed by atoms with Crippen molar-refractivity contribution in [2.45, 2.75) is 24.6 Å². The summed E-state index contributed by atoms with van der Waals surface area (Å²) in [6.45, 7) is -0.759. The molecule has 0 spiro atoms. The topological polar surface area (TPSA) is 121 Å². The summed E-state index contributed by atoms with van der Waals surface area (Å²) in [6.07, 6.45) is -7.35. The number of rotatable bonds is 4.